The quantitative estimate of drug-likeness (QED) is 0.593. The third kappa shape index (κ3) is 5.65. The number of ether oxygens (including phenoxy) is 3. The van der Waals surface area contributed by atoms with Crippen molar-refractivity contribution in [3.05, 3.63) is 47.8 Å². The summed E-state index contributed by atoms with van der Waals surface area (Å²) in [7, 11) is 0.165. The van der Waals surface area contributed by atoms with Crippen molar-refractivity contribution < 1.29 is 31.8 Å². The summed E-state index contributed by atoms with van der Waals surface area (Å²) in [5.74, 6) is -0.168. The van der Waals surface area contributed by atoms with Gasteiger partial charge in [0.1, 0.15) is 16.5 Å². The van der Waals surface area contributed by atoms with Gasteiger partial charge in [-0.15, -0.1) is 0 Å². The normalized spacial score (nSPS) is 12.4. The molecule has 0 heterocycles. The first-order valence-corrected chi connectivity index (χ1v) is 11.0. The molecule has 0 aliphatic carbocycles. The molecule has 2 aromatic rings. The number of likely N-dealkylation sites (N-methyl/N-ethyl adjacent to an activating group) is 1. The minimum Gasteiger partial charge on any atom is -0.495 e. The van der Waals surface area contributed by atoms with Crippen LogP contribution in [0.4, 0.5) is 4.39 Å². The van der Waals surface area contributed by atoms with Crippen LogP contribution in [0.5, 0.6) is 17.2 Å². The summed E-state index contributed by atoms with van der Waals surface area (Å²) in [5, 5.41) is 2.77. The number of sulfonamides is 1. The molecule has 0 spiro atoms. The highest BCUT2D eigenvalue weighted by atomic mass is 32.2. The standard InChI is InChI=1S/C21H27FN2O6S/c1-6-24(31(26,27)20-12-16(22)8-10-18(20)29-4)13-21(25)23-14(2)15-7-9-17(28-3)19(11-15)30-5/h7-12,14H,6,13H2,1-5H3,(H,23,25)/t14-/m0/s1. The highest BCUT2D eigenvalue weighted by Gasteiger charge is 2.29. The van der Waals surface area contributed by atoms with Gasteiger partial charge in [0, 0.05) is 6.54 Å². The van der Waals surface area contributed by atoms with Crippen LogP contribution < -0.4 is 19.5 Å². The number of methoxy groups -OCH3 is 3. The second-order valence-corrected chi connectivity index (χ2v) is 8.54. The van der Waals surface area contributed by atoms with E-state index >= 15 is 0 Å². The Hall–Kier alpha value is -2.85. The number of rotatable bonds is 10. The zero-order chi connectivity index (χ0) is 23.2. The summed E-state index contributed by atoms with van der Waals surface area (Å²) in [6, 6.07) is 8.02. The van der Waals surface area contributed by atoms with Crippen molar-refractivity contribution in [2.45, 2.75) is 24.8 Å². The molecule has 0 radical (unpaired) electrons. The Labute approximate surface area is 182 Å². The molecule has 1 amide bonds. The number of nitrogens with zero attached hydrogens (tertiary/aromatic N) is 1. The van der Waals surface area contributed by atoms with E-state index in [1.807, 2.05) is 0 Å². The average molecular weight is 455 g/mol. The number of hydrogen-bond donors (Lipinski definition) is 1. The van der Waals surface area contributed by atoms with Gasteiger partial charge in [-0.2, -0.15) is 4.31 Å². The summed E-state index contributed by atoms with van der Waals surface area (Å²) in [5.41, 5.74) is 0.753. The lowest BCUT2D eigenvalue weighted by atomic mass is 10.1. The van der Waals surface area contributed by atoms with Crippen LogP contribution in [0.2, 0.25) is 0 Å². The van der Waals surface area contributed by atoms with E-state index in [2.05, 4.69) is 5.32 Å². The van der Waals surface area contributed by atoms with Crippen LogP contribution in [0.1, 0.15) is 25.5 Å². The molecule has 0 aliphatic heterocycles. The third-order valence-electron chi connectivity index (χ3n) is 4.70. The molecule has 0 aliphatic rings. The van der Waals surface area contributed by atoms with Crippen molar-refractivity contribution in [3.8, 4) is 17.2 Å². The Morgan fingerprint density at radius 3 is 2.23 bits per heavy atom. The molecule has 10 heteroatoms. The predicted molar refractivity (Wildman–Crippen MR) is 113 cm³/mol. The summed E-state index contributed by atoms with van der Waals surface area (Å²) in [6.07, 6.45) is 0. The summed E-state index contributed by atoms with van der Waals surface area (Å²) < 4.78 is 56.2. The van der Waals surface area contributed by atoms with E-state index in [4.69, 9.17) is 14.2 Å². The summed E-state index contributed by atoms with van der Waals surface area (Å²) >= 11 is 0. The number of amides is 1. The zero-order valence-electron chi connectivity index (χ0n) is 18.1. The van der Waals surface area contributed by atoms with Crippen LogP contribution in [-0.4, -0.2) is 53.0 Å². The van der Waals surface area contributed by atoms with Gasteiger partial charge >= 0.3 is 0 Å². The van der Waals surface area contributed by atoms with E-state index < -0.39 is 34.3 Å². The lowest BCUT2D eigenvalue weighted by Gasteiger charge is -2.23. The molecule has 0 saturated carbocycles. The fourth-order valence-corrected chi connectivity index (χ4v) is 4.58. The second-order valence-electron chi connectivity index (χ2n) is 6.63. The minimum absolute atomic E-state index is 0.000968. The Morgan fingerprint density at radius 2 is 1.65 bits per heavy atom. The second kappa shape index (κ2) is 10.5. The summed E-state index contributed by atoms with van der Waals surface area (Å²) in [6.45, 7) is 2.93. The van der Waals surface area contributed by atoms with Crippen LogP contribution >= 0.6 is 0 Å². The van der Waals surface area contributed by atoms with E-state index in [0.29, 0.717) is 11.5 Å². The van der Waals surface area contributed by atoms with Gasteiger partial charge in [-0.05, 0) is 42.8 Å². The highest BCUT2D eigenvalue weighted by molar-refractivity contribution is 7.89. The van der Waals surface area contributed by atoms with E-state index in [1.165, 1.54) is 27.4 Å². The molecule has 0 saturated heterocycles. The fourth-order valence-electron chi connectivity index (χ4n) is 3.01. The van der Waals surface area contributed by atoms with E-state index in [-0.39, 0.29) is 17.2 Å². The first-order chi connectivity index (χ1) is 14.7. The van der Waals surface area contributed by atoms with Crippen LogP contribution in [0.25, 0.3) is 0 Å². The Bertz CT molecular complexity index is 1030. The minimum atomic E-state index is -4.16. The van der Waals surface area contributed by atoms with E-state index in [0.717, 1.165) is 22.0 Å². The number of halogens is 1. The fraction of sp³-hybridized carbons (Fsp3) is 0.381. The van der Waals surface area contributed by atoms with Crippen LogP contribution in [-0.2, 0) is 14.8 Å². The molecule has 0 unspecified atom stereocenters. The van der Waals surface area contributed by atoms with Gasteiger partial charge in [0.2, 0.25) is 15.9 Å². The molecule has 170 valence electrons. The van der Waals surface area contributed by atoms with Gasteiger partial charge in [-0.3, -0.25) is 4.79 Å². The van der Waals surface area contributed by atoms with Crippen molar-refractivity contribution in [2.24, 2.45) is 0 Å². The molecule has 2 rings (SSSR count). The van der Waals surface area contributed by atoms with Crippen molar-refractivity contribution in [1.29, 1.82) is 0 Å². The number of carbonyl (C=O) groups excluding carboxylic acids is 1. The number of carbonyl (C=O) groups is 1. The first-order valence-electron chi connectivity index (χ1n) is 9.52. The topological polar surface area (TPSA) is 94.2 Å². The zero-order valence-corrected chi connectivity index (χ0v) is 19.0. The molecule has 1 N–H and O–H groups in total. The van der Waals surface area contributed by atoms with Gasteiger partial charge < -0.3 is 19.5 Å². The summed E-state index contributed by atoms with van der Waals surface area (Å²) in [4.78, 5) is 12.3. The van der Waals surface area contributed by atoms with Crippen LogP contribution in [0, 0.1) is 5.82 Å². The molecule has 2 aromatic carbocycles. The maximum atomic E-state index is 13.7. The number of hydrogen-bond acceptors (Lipinski definition) is 6. The van der Waals surface area contributed by atoms with Gasteiger partial charge in [-0.1, -0.05) is 13.0 Å². The molecule has 1 atom stereocenters. The average Bonchev–Trinajstić information content (AvgIpc) is 2.76. The van der Waals surface area contributed by atoms with Gasteiger partial charge in [0.15, 0.2) is 11.5 Å². The number of benzene rings is 2. The molecular formula is C21H27FN2O6S. The molecular weight excluding hydrogens is 427 g/mol. The maximum Gasteiger partial charge on any atom is 0.247 e. The Kier molecular flexibility index (Phi) is 8.23. The van der Waals surface area contributed by atoms with Crippen molar-refractivity contribution in [3.63, 3.8) is 0 Å². The van der Waals surface area contributed by atoms with E-state index in [1.54, 1.807) is 32.0 Å². The van der Waals surface area contributed by atoms with Crippen LogP contribution in [0.15, 0.2) is 41.3 Å². The number of nitrogens with one attached hydrogen (secondary N) is 1. The Morgan fingerprint density at radius 1 is 1.03 bits per heavy atom. The van der Waals surface area contributed by atoms with Gasteiger partial charge in [0.05, 0.1) is 33.9 Å². The van der Waals surface area contributed by atoms with Gasteiger partial charge in [0.25, 0.3) is 0 Å². The molecule has 0 fully saturated rings. The Balaban J connectivity index is 2.19. The largest absolute Gasteiger partial charge is 0.495 e. The van der Waals surface area contributed by atoms with Crippen LogP contribution in [0.3, 0.4) is 0 Å². The smallest absolute Gasteiger partial charge is 0.247 e. The van der Waals surface area contributed by atoms with Crippen molar-refractivity contribution in [1.82, 2.24) is 9.62 Å². The SMILES string of the molecule is CCN(CC(=O)N[C@@H](C)c1ccc(OC)c(OC)c1)S(=O)(=O)c1cc(F)ccc1OC. The first kappa shape index (κ1) is 24.4. The highest BCUT2D eigenvalue weighted by Crippen LogP contribution is 2.30. The van der Waals surface area contributed by atoms with E-state index in [9.17, 15) is 17.6 Å². The van der Waals surface area contributed by atoms with Crippen molar-refractivity contribution in [2.75, 3.05) is 34.4 Å². The molecule has 8 nitrogen and oxygen atoms in total. The predicted octanol–water partition coefficient (Wildman–Crippen LogP) is 2.74. The monoisotopic (exact) mass is 454 g/mol. The lowest BCUT2D eigenvalue weighted by molar-refractivity contribution is -0.121. The maximum absolute atomic E-state index is 13.7. The molecule has 0 aromatic heterocycles. The lowest BCUT2D eigenvalue weighted by Crippen LogP contribution is -2.41. The molecule has 31 heavy (non-hydrogen) atoms. The van der Waals surface area contributed by atoms with Gasteiger partial charge in [-0.25, -0.2) is 12.8 Å². The third-order valence-corrected chi connectivity index (χ3v) is 6.64. The molecule has 0 bridgehead atoms. The van der Waals surface area contributed by atoms with Crippen molar-refractivity contribution >= 4 is 15.9 Å².